The number of rotatable bonds is 2. The van der Waals surface area contributed by atoms with E-state index in [4.69, 9.17) is 0 Å². The number of hydrogen-bond donors (Lipinski definition) is 0. The maximum absolute atomic E-state index is 2.08. The zero-order valence-corrected chi connectivity index (χ0v) is 14.8. The van der Waals surface area contributed by atoms with Gasteiger partial charge in [0.25, 0.3) is 0 Å². The Kier molecular flexibility index (Phi) is 18.2. The van der Waals surface area contributed by atoms with Gasteiger partial charge in [-0.3, -0.25) is 0 Å². The van der Waals surface area contributed by atoms with Crippen LogP contribution in [-0.2, 0) is 25.8 Å². The molecule has 0 aromatic heterocycles. The van der Waals surface area contributed by atoms with E-state index in [9.17, 15) is 0 Å². The zero-order chi connectivity index (χ0) is 11.6. The molecule has 19 heavy (non-hydrogen) atoms. The molecule has 100 valence electrons. The first kappa shape index (κ1) is 23.0. The molecule has 0 saturated carbocycles. The molecule has 0 bridgehead atoms. The van der Waals surface area contributed by atoms with Crippen molar-refractivity contribution in [1.82, 2.24) is 0 Å². The SMILES string of the molecule is CC=Cc1ccc[cH-]1.CC=Cc1ccc[cH-]1.[F-].[F-].[Hf+4]. The Morgan fingerprint density at radius 2 is 1.16 bits per heavy atom. The summed E-state index contributed by atoms with van der Waals surface area (Å²) in [5.74, 6) is 0. The van der Waals surface area contributed by atoms with E-state index >= 15 is 0 Å². The van der Waals surface area contributed by atoms with Crippen molar-refractivity contribution >= 4 is 12.2 Å². The summed E-state index contributed by atoms with van der Waals surface area (Å²) in [6.45, 7) is 4.04. The zero-order valence-electron chi connectivity index (χ0n) is 11.2. The summed E-state index contributed by atoms with van der Waals surface area (Å²) < 4.78 is 0. The van der Waals surface area contributed by atoms with Crippen molar-refractivity contribution in [3.63, 3.8) is 0 Å². The van der Waals surface area contributed by atoms with Crippen LogP contribution in [0.4, 0.5) is 0 Å². The van der Waals surface area contributed by atoms with Crippen LogP contribution < -0.4 is 9.41 Å². The molecular formula is C16H18F2Hf. The van der Waals surface area contributed by atoms with E-state index in [2.05, 4.69) is 36.4 Å². The summed E-state index contributed by atoms with van der Waals surface area (Å²) in [5.41, 5.74) is 2.57. The molecule has 0 nitrogen and oxygen atoms in total. The second-order valence-electron chi connectivity index (χ2n) is 3.44. The summed E-state index contributed by atoms with van der Waals surface area (Å²) in [4.78, 5) is 0. The fourth-order valence-corrected chi connectivity index (χ4v) is 1.38. The van der Waals surface area contributed by atoms with Gasteiger partial charge >= 0.3 is 25.8 Å². The fourth-order valence-electron chi connectivity index (χ4n) is 1.38. The molecule has 3 heteroatoms. The van der Waals surface area contributed by atoms with E-state index in [1.165, 1.54) is 11.1 Å². The minimum Gasteiger partial charge on any atom is -1.00 e. The molecule has 0 aliphatic rings. The molecule has 2 aromatic rings. The van der Waals surface area contributed by atoms with Crippen LogP contribution in [0, 0.1) is 0 Å². The first-order chi connectivity index (χ1) is 7.86. The number of hydrogen-bond acceptors (Lipinski definition) is 0. The molecule has 0 atom stereocenters. The van der Waals surface area contributed by atoms with Gasteiger partial charge in [0.15, 0.2) is 0 Å². The van der Waals surface area contributed by atoms with Crippen LogP contribution in [0.5, 0.6) is 0 Å². The fraction of sp³-hybridized carbons (Fsp3) is 0.125. The van der Waals surface area contributed by atoms with Crippen molar-refractivity contribution in [3.05, 3.63) is 71.8 Å². The van der Waals surface area contributed by atoms with Crippen LogP contribution in [0.3, 0.4) is 0 Å². The quantitative estimate of drug-likeness (QED) is 0.422. The molecule has 0 aliphatic carbocycles. The largest absolute Gasteiger partial charge is 4.00 e. The normalized spacial score (nSPS) is 8.95. The van der Waals surface area contributed by atoms with Gasteiger partial charge in [0.2, 0.25) is 0 Å². The Labute approximate surface area is 133 Å². The summed E-state index contributed by atoms with van der Waals surface area (Å²) in [6, 6.07) is 16.5. The molecule has 0 unspecified atom stereocenters. The summed E-state index contributed by atoms with van der Waals surface area (Å²) in [5, 5.41) is 0. The monoisotopic (exact) mass is 428 g/mol. The van der Waals surface area contributed by atoms with Crippen LogP contribution in [0.2, 0.25) is 0 Å². The molecule has 0 radical (unpaired) electrons. The average Bonchev–Trinajstić information content (AvgIpc) is 2.92. The third-order valence-electron chi connectivity index (χ3n) is 2.10. The molecule has 0 aliphatic heterocycles. The van der Waals surface area contributed by atoms with Gasteiger partial charge in [-0.2, -0.15) is 47.5 Å². The molecule has 0 heterocycles. The molecule has 0 N–H and O–H groups in total. The molecular weight excluding hydrogens is 409 g/mol. The topological polar surface area (TPSA) is 0 Å². The first-order valence-electron chi connectivity index (χ1n) is 5.55. The Bertz CT molecular complexity index is 369. The van der Waals surface area contributed by atoms with E-state index < -0.39 is 0 Å². The van der Waals surface area contributed by atoms with Crippen molar-refractivity contribution < 1.29 is 35.3 Å². The van der Waals surface area contributed by atoms with Gasteiger partial charge in [-0.25, -0.2) is 0 Å². The van der Waals surface area contributed by atoms with Crippen LogP contribution in [0.1, 0.15) is 25.0 Å². The molecule has 0 spiro atoms. The predicted molar refractivity (Wildman–Crippen MR) is 73.5 cm³/mol. The summed E-state index contributed by atoms with van der Waals surface area (Å²) in [7, 11) is 0. The minimum absolute atomic E-state index is 0. The van der Waals surface area contributed by atoms with Crippen molar-refractivity contribution in [1.29, 1.82) is 0 Å². The van der Waals surface area contributed by atoms with Gasteiger partial charge in [0.1, 0.15) is 0 Å². The second-order valence-corrected chi connectivity index (χ2v) is 3.44. The van der Waals surface area contributed by atoms with E-state index in [1.54, 1.807) is 0 Å². The number of allylic oxidation sites excluding steroid dienone is 2. The summed E-state index contributed by atoms with van der Waals surface area (Å²) >= 11 is 0. The Hall–Kier alpha value is -1.09. The van der Waals surface area contributed by atoms with Gasteiger partial charge in [-0.05, 0) is 0 Å². The summed E-state index contributed by atoms with van der Waals surface area (Å²) in [6.07, 6.45) is 8.24. The van der Waals surface area contributed by atoms with Crippen LogP contribution in [0.15, 0.2) is 60.7 Å². The Morgan fingerprint density at radius 3 is 1.37 bits per heavy atom. The van der Waals surface area contributed by atoms with Crippen LogP contribution in [0.25, 0.3) is 12.2 Å². The van der Waals surface area contributed by atoms with E-state index in [1.807, 2.05) is 50.3 Å². The third kappa shape index (κ3) is 10.5. The third-order valence-corrected chi connectivity index (χ3v) is 2.10. The van der Waals surface area contributed by atoms with Gasteiger partial charge in [-0.1, -0.05) is 13.8 Å². The van der Waals surface area contributed by atoms with E-state index in [-0.39, 0.29) is 35.3 Å². The Morgan fingerprint density at radius 1 is 0.789 bits per heavy atom. The van der Waals surface area contributed by atoms with Gasteiger partial charge in [-0.15, -0.1) is 36.4 Å². The smallest absolute Gasteiger partial charge is 1.00 e. The van der Waals surface area contributed by atoms with Crippen LogP contribution in [-0.4, -0.2) is 0 Å². The second kappa shape index (κ2) is 15.0. The van der Waals surface area contributed by atoms with Crippen LogP contribution >= 0.6 is 0 Å². The van der Waals surface area contributed by atoms with Crippen molar-refractivity contribution in [2.45, 2.75) is 13.8 Å². The molecule has 0 saturated heterocycles. The molecule has 2 aromatic carbocycles. The molecule has 0 amide bonds. The maximum atomic E-state index is 2.08. The van der Waals surface area contributed by atoms with Crippen molar-refractivity contribution in [2.75, 3.05) is 0 Å². The predicted octanol–water partition coefficient (Wildman–Crippen LogP) is -1.12. The minimum atomic E-state index is 0. The first-order valence-corrected chi connectivity index (χ1v) is 5.55. The molecule has 0 fully saturated rings. The standard InChI is InChI=1S/2C8H9.2FH.Hf/c2*1-2-5-8-6-3-4-7-8;;;/h2*2-7H,1H3;2*1H;/q2*-1;;;+4/p-2. The number of halogens is 2. The molecule has 2 rings (SSSR count). The van der Waals surface area contributed by atoms with Crippen molar-refractivity contribution in [3.8, 4) is 0 Å². The van der Waals surface area contributed by atoms with Gasteiger partial charge < -0.3 is 9.41 Å². The Balaban J connectivity index is -0.000000233. The van der Waals surface area contributed by atoms with Crippen molar-refractivity contribution in [2.24, 2.45) is 0 Å². The maximum Gasteiger partial charge on any atom is 4.00 e. The van der Waals surface area contributed by atoms with E-state index in [0.29, 0.717) is 0 Å². The van der Waals surface area contributed by atoms with Gasteiger partial charge in [0.05, 0.1) is 0 Å². The van der Waals surface area contributed by atoms with Gasteiger partial charge in [0, 0.05) is 0 Å². The van der Waals surface area contributed by atoms with E-state index in [0.717, 1.165) is 0 Å². The average molecular weight is 427 g/mol.